The highest BCUT2D eigenvalue weighted by atomic mass is 32.2. The number of halogens is 1. The molecule has 5 nitrogen and oxygen atoms in total. The Labute approximate surface area is 178 Å². The fourth-order valence-electron chi connectivity index (χ4n) is 3.46. The third-order valence-corrected chi connectivity index (χ3v) is 5.61. The lowest BCUT2D eigenvalue weighted by Gasteiger charge is -2.34. The molecule has 7 heteroatoms. The maximum atomic E-state index is 13.2. The summed E-state index contributed by atoms with van der Waals surface area (Å²) in [5.41, 5.74) is 2.81. The summed E-state index contributed by atoms with van der Waals surface area (Å²) in [7, 11) is 0. The van der Waals surface area contributed by atoms with Crippen LogP contribution in [0.1, 0.15) is 31.0 Å². The van der Waals surface area contributed by atoms with E-state index in [-0.39, 0.29) is 25.0 Å². The molecule has 2 heterocycles. The smallest absolute Gasteiger partial charge is 0.338 e. The van der Waals surface area contributed by atoms with E-state index in [1.807, 2.05) is 47.7 Å². The van der Waals surface area contributed by atoms with Gasteiger partial charge >= 0.3 is 5.97 Å². The fourth-order valence-corrected chi connectivity index (χ4v) is 4.25. The van der Waals surface area contributed by atoms with Gasteiger partial charge in [-0.2, -0.15) is 0 Å². The number of thioether (sulfide) groups is 1. The predicted molar refractivity (Wildman–Crippen MR) is 115 cm³/mol. The van der Waals surface area contributed by atoms with Crippen LogP contribution in [-0.2, 0) is 16.1 Å². The van der Waals surface area contributed by atoms with Gasteiger partial charge in [0.05, 0.1) is 23.9 Å². The third-order valence-electron chi connectivity index (χ3n) is 4.84. The number of hydrogen-bond acceptors (Lipinski definition) is 6. The second-order valence-electron chi connectivity index (χ2n) is 6.78. The normalized spacial score (nSPS) is 17.6. The minimum Gasteiger partial charge on any atom is -0.489 e. The largest absolute Gasteiger partial charge is 0.489 e. The number of aliphatic imine (C=N–C) groups is 1. The lowest BCUT2D eigenvalue weighted by Crippen LogP contribution is -2.34. The number of fused-ring (bicyclic) bond motifs is 1. The molecule has 0 bridgehead atoms. The van der Waals surface area contributed by atoms with Crippen LogP contribution in [0, 0.1) is 5.82 Å². The Bertz CT molecular complexity index is 1050. The molecule has 2 aliphatic rings. The molecule has 4 rings (SSSR count). The van der Waals surface area contributed by atoms with Gasteiger partial charge in [-0.15, -0.1) is 0 Å². The van der Waals surface area contributed by atoms with Crippen molar-refractivity contribution in [2.24, 2.45) is 4.99 Å². The number of para-hydroxylation sites is 1. The molecule has 30 heavy (non-hydrogen) atoms. The van der Waals surface area contributed by atoms with E-state index >= 15 is 0 Å². The molecular weight excluding hydrogens is 403 g/mol. The molecule has 2 aromatic rings. The number of rotatable bonds is 6. The molecule has 2 aliphatic heterocycles. The van der Waals surface area contributed by atoms with E-state index in [0.29, 0.717) is 17.0 Å². The number of allylic oxidation sites excluding steroid dienone is 1. The van der Waals surface area contributed by atoms with Gasteiger partial charge in [-0.25, -0.2) is 14.2 Å². The summed E-state index contributed by atoms with van der Waals surface area (Å²) in [4.78, 5) is 19.4. The summed E-state index contributed by atoms with van der Waals surface area (Å²) >= 11 is 1.51. The van der Waals surface area contributed by atoms with Crippen LogP contribution in [0.4, 0.5) is 4.39 Å². The van der Waals surface area contributed by atoms with Crippen molar-refractivity contribution in [3.63, 3.8) is 0 Å². The SMILES string of the molecule is CCOC(=O)C1=C(C)N=C2SC=CN2C1c1ccccc1OCc1ccc(F)cc1. The van der Waals surface area contributed by atoms with E-state index < -0.39 is 6.04 Å². The average Bonchev–Trinajstić information content (AvgIpc) is 3.21. The van der Waals surface area contributed by atoms with Crippen molar-refractivity contribution in [1.82, 2.24) is 4.90 Å². The quantitative estimate of drug-likeness (QED) is 0.599. The number of amidine groups is 1. The zero-order chi connectivity index (χ0) is 21.1. The summed E-state index contributed by atoms with van der Waals surface area (Å²) in [6.07, 6.45) is 1.91. The first kappa shape index (κ1) is 20.2. The third kappa shape index (κ3) is 3.98. The van der Waals surface area contributed by atoms with Crippen molar-refractivity contribution in [3.05, 3.63) is 88.4 Å². The molecule has 0 amide bonds. The highest BCUT2D eigenvalue weighted by Gasteiger charge is 2.38. The lowest BCUT2D eigenvalue weighted by molar-refractivity contribution is -0.139. The summed E-state index contributed by atoms with van der Waals surface area (Å²) in [6.45, 7) is 4.18. The molecule has 2 aromatic carbocycles. The van der Waals surface area contributed by atoms with E-state index in [9.17, 15) is 9.18 Å². The first-order valence-corrected chi connectivity index (χ1v) is 10.5. The molecule has 0 aromatic heterocycles. The van der Waals surface area contributed by atoms with Crippen LogP contribution < -0.4 is 4.74 Å². The molecule has 154 valence electrons. The minimum atomic E-state index is -0.410. The first-order valence-electron chi connectivity index (χ1n) is 9.63. The van der Waals surface area contributed by atoms with E-state index in [1.54, 1.807) is 19.1 Å². The zero-order valence-electron chi connectivity index (χ0n) is 16.7. The summed E-state index contributed by atoms with van der Waals surface area (Å²) in [5.74, 6) is -0.0272. The van der Waals surface area contributed by atoms with Crippen LogP contribution in [0.25, 0.3) is 0 Å². The average molecular weight is 424 g/mol. The number of benzene rings is 2. The monoisotopic (exact) mass is 424 g/mol. The summed E-state index contributed by atoms with van der Waals surface area (Å²) in [6, 6.07) is 13.4. The Morgan fingerprint density at radius 3 is 2.73 bits per heavy atom. The zero-order valence-corrected chi connectivity index (χ0v) is 17.5. The fraction of sp³-hybridized carbons (Fsp3) is 0.217. The summed E-state index contributed by atoms with van der Waals surface area (Å²) < 4.78 is 24.6. The number of hydrogen-bond donors (Lipinski definition) is 0. The Morgan fingerprint density at radius 1 is 1.20 bits per heavy atom. The van der Waals surface area contributed by atoms with Gasteiger partial charge in [-0.3, -0.25) is 0 Å². The van der Waals surface area contributed by atoms with Crippen molar-refractivity contribution < 1.29 is 18.7 Å². The van der Waals surface area contributed by atoms with Gasteiger partial charge < -0.3 is 14.4 Å². The first-order chi connectivity index (χ1) is 14.6. The Morgan fingerprint density at radius 2 is 1.97 bits per heavy atom. The molecule has 0 saturated carbocycles. The second kappa shape index (κ2) is 8.75. The number of ether oxygens (including phenoxy) is 2. The molecule has 0 spiro atoms. The topological polar surface area (TPSA) is 51.1 Å². The number of nitrogens with zero attached hydrogens (tertiary/aromatic N) is 2. The van der Waals surface area contributed by atoms with E-state index in [4.69, 9.17) is 9.47 Å². The van der Waals surface area contributed by atoms with Gasteiger partial charge in [-0.1, -0.05) is 42.1 Å². The number of carbonyl (C=O) groups excluding carboxylic acids is 1. The standard InChI is InChI=1S/C23H21FN2O3S/c1-3-28-22(27)20-15(2)25-23-26(12-13-30-23)21(20)18-6-4-5-7-19(18)29-14-16-8-10-17(24)11-9-16/h4-13,21H,3,14H2,1-2H3. The maximum absolute atomic E-state index is 13.2. The molecule has 0 aliphatic carbocycles. The van der Waals surface area contributed by atoms with E-state index in [2.05, 4.69) is 4.99 Å². The van der Waals surface area contributed by atoms with Crippen LogP contribution in [0.5, 0.6) is 5.75 Å². The predicted octanol–water partition coefficient (Wildman–Crippen LogP) is 5.17. The van der Waals surface area contributed by atoms with Gasteiger partial charge in [0.1, 0.15) is 18.2 Å². The van der Waals surface area contributed by atoms with Gasteiger partial charge in [0.15, 0.2) is 5.17 Å². The van der Waals surface area contributed by atoms with Crippen LogP contribution in [-0.4, -0.2) is 22.6 Å². The minimum absolute atomic E-state index is 0.284. The highest BCUT2D eigenvalue weighted by molar-refractivity contribution is 8.16. The number of carbonyl (C=O) groups is 1. The maximum Gasteiger partial charge on any atom is 0.338 e. The molecule has 0 saturated heterocycles. The van der Waals surface area contributed by atoms with Crippen LogP contribution >= 0.6 is 11.8 Å². The number of esters is 1. The van der Waals surface area contributed by atoms with Crippen LogP contribution in [0.3, 0.4) is 0 Å². The Balaban J connectivity index is 1.70. The molecule has 0 fully saturated rings. The van der Waals surface area contributed by atoms with E-state index in [0.717, 1.165) is 16.3 Å². The second-order valence-corrected chi connectivity index (χ2v) is 7.65. The highest BCUT2D eigenvalue weighted by Crippen LogP contribution is 2.43. The molecule has 1 unspecified atom stereocenters. The van der Waals surface area contributed by atoms with Gasteiger partial charge in [-0.05, 0) is 43.0 Å². The van der Waals surface area contributed by atoms with Crippen molar-refractivity contribution in [3.8, 4) is 5.75 Å². The molecule has 1 atom stereocenters. The van der Waals surface area contributed by atoms with Gasteiger partial charge in [0.25, 0.3) is 0 Å². The Hall–Kier alpha value is -3.06. The molecular formula is C23H21FN2O3S. The van der Waals surface area contributed by atoms with Crippen molar-refractivity contribution >= 4 is 22.9 Å². The van der Waals surface area contributed by atoms with Crippen LogP contribution in [0.2, 0.25) is 0 Å². The molecule has 0 N–H and O–H groups in total. The summed E-state index contributed by atoms with van der Waals surface area (Å²) in [5, 5.41) is 2.74. The lowest BCUT2D eigenvalue weighted by atomic mass is 9.94. The molecule has 0 radical (unpaired) electrons. The van der Waals surface area contributed by atoms with Crippen molar-refractivity contribution in [2.45, 2.75) is 26.5 Å². The van der Waals surface area contributed by atoms with E-state index in [1.165, 1.54) is 23.9 Å². The van der Waals surface area contributed by atoms with Gasteiger partial charge in [0.2, 0.25) is 0 Å². The van der Waals surface area contributed by atoms with Gasteiger partial charge in [0, 0.05) is 11.8 Å². The Kier molecular flexibility index (Phi) is 5.90. The van der Waals surface area contributed by atoms with Crippen molar-refractivity contribution in [1.29, 1.82) is 0 Å². The van der Waals surface area contributed by atoms with Crippen molar-refractivity contribution in [2.75, 3.05) is 6.61 Å². The van der Waals surface area contributed by atoms with Crippen LogP contribution in [0.15, 0.2) is 76.4 Å².